The number of nitrogens with one attached hydrogen (secondary N) is 1. The van der Waals surface area contributed by atoms with E-state index in [-0.39, 0.29) is 36.3 Å². The number of amides is 1. The summed E-state index contributed by atoms with van der Waals surface area (Å²) in [6, 6.07) is 9.54. The predicted molar refractivity (Wildman–Crippen MR) is 100 cm³/mol. The van der Waals surface area contributed by atoms with Crippen LogP contribution in [-0.2, 0) is 10.3 Å². The number of hydrogen-bond acceptors (Lipinski definition) is 3. The van der Waals surface area contributed by atoms with E-state index in [2.05, 4.69) is 24.3 Å². The van der Waals surface area contributed by atoms with Crippen LogP contribution in [0.5, 0.6) is 0 Å². The van der Waals surface area contributed by atoms with Gasteiger partial charge in [0.15, 0.2) is 0 Å². The second kappa shape index (κ2) is 8.88. The second-order valence-electron chi connectivity index (χ2n) is 6.58. The van der Waals surface area contributed by atoms with Crippen LogP contribution in [0.3, 0.4) is 0 Å². The van der Waals surface area contributed by atoms with E-state index in [0.29, 0.717) is 6.54 Å². The Morgan fingerprint density at radius 1 is 1.22 bits per heavy atom. The Hall–Kier alpha value is -0.810. The Morgan fingerprint density at radius 3 is 2.22 bits per heavy atom. The Morgan fingerprint density at radius 2 is 1.74 bits per heavy atom. The largest absolute Gasteiger partial charge is 0.352 e. The molecule has 4 nitrogen and oxygen atoms in total. The lowest BCUT2D eigenvalue weighted by Crippen LogP contribution is -2.56. The quantitative estimate of drug-likeness (QED) is 0.847. The molecule has 0 spiro atoms. The molecule has 1 aromatic carbocycles. The van der Waals surface area contributed by atoms with Crippen molar-refractivity contribution in [2.75, 3.05) is 20.6 Å². The van der Waals surface area contributed by atoms with Crippen molar-refractivity contribution in [2.24, 2.45) is 5.73 Å². The molecule has 1 aliphatic carbocycles. The van der Waals surface area contributed by atoms with Gasteiger partial charge in [0.25, 0.3) is 0 Å². The third-order valence-electron chi connectivity index (χ3n) is 4.91. The topological polar surface area (TPSA) is 58.4 Å². The standard InChI is InChI=1S/C17H27N3O.2ClH/c1-16(18,14-9-5-4-6-10-14)15(21)19-13-17(20(2)3)11-7-8-12-17;;/h4-6,9-10H,7-8,11-13,18H2,1-3H3,(H,19,21);2*1H. The SMILES string of the molecule is CN(C)C1(CNC(=O)C(C)(N)c2ccccc2)CCCC1.Cl.Cl. The summed E-state index contributed by atoms with van der Waals surface area (Å²) < 4.78 is 0. The van der Waals surface area contributed by atoms with E-state index in [9.17, 15) is 4.79 Å². The highest BCUT2D eigenvalue weighted by atomic mass is 35.5. The van der Waals surface area contributed by atoms with E-state index in [1.807, 2.05) is 30.3 Å². The van der Waals surface area contributed by atoms with Gasteiger partial charge in [0, 0.05) is 12.1 Å². The molecule has 3 N–H and O–H groups in total. The summed E-state index contributed by atoms with van der Waals surface area (Å²) >= 11 is 0. The molecule has 0 bridgehead atoms. The smallest absolute Gasteiger partial charge is 0.244 e. The number of nitrogens with zero attached hydrogens (tertiary/aromatic N) is 1. The van der Waals surface area contributed by atoms with Crippen LogP contribution in [0.15, 0.2) is 30.3 Å². The molecule has 1 aromatic rings. The highest BCUT2D eigenvalue weighted by molar-refractivity contribution is 5.87. The first kappa shape index (κ1) is 22.2. The van der Waals surface area contributed by atoms with E-state index < -0.39 is 5.54 Å². The van der Waals surface area contributed by atoms with E-state index >= 15 is 0 Å². The van der Waals surface area contributed by atoms with Crippen molar-refractivity contribution < 1.29 is 4.79 Å². The van der Waals surface area contributed by atoms with Crippen LogP contribution in [0.2, 0.25) is 0 Å². The number of carbonyl (C=O) groups excluding carboxylic acids is 1. The fourth-order valence-corrected chi connectivity index (χ4v) is 3.16. The molecule has 2 rings (SSSR count). The molecular weight excluding hydrogens is 333 g/mol. The molecule has 0 radical (unpaired) electrons. The predicted octanol–water partition coefficient (Wildman–Crippen LogP) is 2.69. The number of carbonyl (C=O) groups is 1. The van der Waals surface area contributed by atoms with Gasteiger partial charge < -0.3 is 16.0 Å². The van der Waals surface area contributed by atoms with Crippen molar-refractivity contribution in [3.05, 3.63) is 35.9 Å². The molecule has 1 amide bonds. The van der Waals surface area contributed by atoms with Crippen LogP contribution in [0.1, 0.15) is 38.2 Å². The monoisotopic (exact) mass is 361 g/mol. The Labute approximate surface area is 152 Å². The van der Waals surface area contributed by atoms with Gasteiger partial charge in [-0.15, -0.1) is 24.8 Å². The van der Waals surface area contributed by atoms with Crippen LogP contribution < -0.4 is 11.1 Å². The third-order valence-corrected chi connectivity index (χ3v) is 4.91. The average molecular weight is 362 g/mol. The van der Waals surface area contributed by atoms with Crippen molar-refractivity contribution in [3.63, 3.8) is 0 Å². The van der Waals surface area contributed by atoms with Gasteiger partial charge in [-0.1, -0.05) is 43.2 Å². The van der Waals surface area contributed by atoms with Gasteiger partial charge in [-0.05, 0) is 39.4 Å². The number of rotatable bonds is 5. The van der Waals surface area contributed by atoms with Crippen LogP contribution >= 0.6 is 24.8 Å². The first-order valence-electron chi connectivity index (χ1n) is 7.69. The van der Waals surface area contributed by atoms with Crippen molar-refractivity contribution >= 4 is 30.7 Å². The molecule has 23 heavy (non-hydrogen) atoms. The normalized spacial score (nSPS) is 18.5. The average Bonchev–Trinajstić information content (AvgIpc) is 2.96. The lowest BCUT2D eigenvalue weighted by Gasteiger charge is -2.37. The zero-order chi connectivity index (χ0) is 15.5. The fourth-order valence-electron chi connectivity index (χ4n) is 3.16. The van der Waals surface area contributed by atoms with Gasteiger partial charge >= 0.3 is 0 Å². The van der Waals surface area contributed by atoms with E-state index in [1.165, 1.54) is 12.8 Å². The molecule has 1 aliphatic rings. The maximum atomic E-state index is 12.5. The zero-order valence-corrected chi connectivity index (χ0v) is 15.8. The van der Waals surface area contributed by atoms with E-state index in [0.717, 1.165) is 18.4 Å². The summed E-state index contributed by atoms with van der Waals surface area (Å²) in [4.78, 5) is 14.8. The molecule has 6 heteroatoms. The maximum Gasteiger partial charge on any atom is 0.244 e. The lowest BCUT2D eigenvalue weighted by molar-refractivity contribution is -0.126. The first-order valence-corrected chi connectivity index (χ1v) is 7.69. The minimum absolute atomic E-state index is 0. The van der Waals surface area contributed by atoms with E-state index in [1.54, 1.807) is 6.92 Å². The highest BCUT2D eigenvalue weighted by Crippen LogP contribution is 2.33. The van der Waals surface area contributed by atoms with Crippen LogP contribution in [0.25, 0.3) is 0 Å². The van der Waals surface area contributed by atoms with Gasteiger partial charge in [-0.25, -0.2) is 0 Å². The minimum Gasteiger partial charge on any atom is -0.352 e. The summed E-state index contributed by atoms with van der Waals surface area (Å²) in [6.45, 7) is 2.44. The first-order chi connectivity index (χ1) is 9.88. The molecule has 1 fully saturated rings. The van der Waals surface area contributed by atoms with Crippen LogP contribution in [-0.4, -0.2) is 37.0 Å². The molecule has 1 saturated carbocycles. The lowest BCUT2D eigenvalue weighted by atomic mass is 9.91. The Bertz CT molecular complexity index is 486. The molecular formula is C17H29Cl2N3O. The third kappa shape index (κ3) is 4.83. The summed E-state index contributed by atoms with van der Waals surface area (Å²) in [5, 5.41) is 3.08. The molecule has 0 heterocycles. The molecule has 1 unspecified atom stereocenters. The van der Waals surface area contributed by atoms with Gasteiger partial charge in [0.2, 0.25) is 5.91 Å². The maximum absolute atomic E-state index is 12.5. The van der Waals surface area contributed by atoms with E-state index in [4.69, 9.17) is 5.73 Å². The van der Waals surface area contributed by atoms with Crippen molar-refractivity contribution in [2.45, 2.75) is 43.7 Å². The van der Waals surface area contributed by atoms with Crippen LogP contribution in [0, 0.1) is 0 Å². The Kier molecular flexibility index (Phi) is 8.57. The molecule has 0 saturated heterocycles. The number of halogens is 2. The van der Waals surface area contributed by atoms with Gasteiger partial charge in [-0.3, -0.25) is 4.79 Å². The van der Waals surface area contributed by atoms with Crippen LogP contribution in [0.4, 0.5) is 0 Å². The van der Waals surface area contributed by atoms with Crippen molar-refractivity contribution in [1.29, 1.82) is 0 Å². The fraction of sp³-hybridized carbons (Fsp3) is 0.588. The number of nitrogens with two attached hydrogens (primary N) is 1. The van der Waals surface area contributed by atoms with Crippen molar-refractivity contribution in [1.82, 2.24) is 10.2 Å². The highest BCUT2D eigenvalue weighted by Gasteiger charge is 2.38. The molecule has 1 atom stereocenters. The number of benzene rings is 1. The molecule has 0 aliphatic heterocycles. The number of hydrogen-bond donors (Lipinski definition) is 2. The minimum atomic E-state index is -0.993. The second-order valence-corrected chi connectivity index (χ2v) is 6.58. The summed E-state index contributed by atoms with van der Waals surface area (Å²) in [5.74, 6) is -0.109. The van der Waals surface area contributed by atoms with Gasteiger partial charge in [0.05, 0.1) is 0 Å². The summed E-state index contributed by atoms with van der Waals surface area (Å²) in [6.07, 6.45) is 4.72. The van der Waals surface area contributed by atoms with Gasteiger partial charge in [0.1, 0.15) is 5.54 Å². The summed E-state index contributed by atoms with van der Waals surface area (Å²) in [5.41, 5.74) is 6.19. The van der Waals surface area contributed by atoms with Crippen molar-refractivity contribution in [3.8, 4) is 0 Å². The number of likely N-dealkylation sites (N-methyl/N-ethyl adjacent to an activating group) is 1. The van der Waals surface area contributed by atoms with Gasteiger partial charge in [-0.2, -0.15) is 0 Å². The Balaban J connectivity index is 0.00000242. The zero-order valence-electron chi connectivity index (χ0n) is 14.2. The summed E-state index contributed by atoms with van der Waals surface area (Å²) in [7, 11) is 4.19. The molecule has 132 valence electrons. The molecule has 0 aromatic heterocycles.